The maximum absolute atomic E-state index is 12.9. The van der Waals surface area contributed by atoms with Crippen LogP contribution in [0.5, 0.6) is 0 Å². The van der Waals surface area contributed by atoms with E-state index >= 15 is 0 Å². The molecule has 0 spiro atoms. The quantitative estimate of drug-likeness (QED) is 0.932. The molecule has 2 N–H and O–H groups in total. The number of hydrogen-bond acceptors (Lipinski definition) is 5. The van der Waals surface area contributed by atoms with Gasteiger partial charge in [-0.25, -0.2) is 8.42 Å². The molecule has 21 heavy (non-hydrogen) atoms. The highest BCUT2D eigenvalue weighted by atomic mass is 32.2. The average Bonchev–Trinajstić information content (AvgIpc) is 3.18. The van der Waals surface area contributed by atoms with Crippen LogP contribution in [0.2, 0.25) is 0 Å². The molecule has 1 aliphatic rings. The normalized spacial score (nSPS) is 20.1. The Bertz CT molecular complexity index is 721. The van der Waals surface area contributed by atoms with Gasteiger partial charge in [-0.3, -0.25) is 4.68 Å². The number of thiophene rings is 1. The molecule has 0 aliphatic carbocycles. The largest absolute Gasteiger partial charge is 0.381 e. The third kappa shape index (κ3) is 2.47. The lowest BCUT2D eigenvalue weighted by molar-refractivity contribution is 0.397. The standard InChI is InChI=1S/C13H18N4O2S2/c1-2-16-8-12(13(14)15-16)21(18,19)17-6-3-4-11(17)10-5-7-20-9-10/h5,7-9,11H,2-4,6H2,1H3,(H2,14,15). The van der Waals surface area contributed by atoms with Gasteiger partial charge < -0.3 is 5.73 Å². The summed E-state index contributed by atoms with van der Waals surface area (Å²) in [6.45, 7) is 3.01. The Balaban J connectivity index is 1.99. The lowest BCUT2D eigenvalue weighted by Gasteiger charge is -2.23. The van der Waals surface area contributed by atoms with Gasteiger partial charge in [-0.1, -0.05) is 0 Å². The van der Waals surface area contributed by atoms with Crippen LogP contribution in [0.1, 0.15) is 31.4 Å². The minimum Gasteiger partial charge on any atom is -0.381 e. The first kappa shape index (κ1) is 14.6. The van der Waals surface area contributed by atoms with Crippen LogP contribution in [-0.2, 0) is 16.6 Å². The van der Waals surface area contributed by atoms with E-state index in [-0.39, 0.29) is 16.8 Å². The van der Waals surface area contributed by atoms with Crippen molar-refractivity contribution < 1.29 is 8.42 Å². The number of aryl methyl sites for hydroxylation is 1. The van der Waals surface area contributed by atoms with E-state index in [2.05, 4.69) is 5.10 Å². The van der Waals surface area contributed by atoms with Crippen LogP contribution in [-0.4, -0.2) is 29.0 Å². The lowest BCUT2D eigenvalue weighted by Crippen LogP contribution is -2.30. The molecule has 1 aliphatic heterocycles. The van der Waals surface area contributed by atoms with Crippen molar-refractivity contribution in [3.63, 3.8) is 0 Å². The van der Waals surface area contributed by atoms with Crippen molar-refractivity contribution in [2.75, 3.05) is 12.3 Å². The second-order valence-corrected chi connectivity index (χ2v) is 7.70. The van der Waals surface area contributed by atoms with Gasteiger partial charge in [-0.2, -0.15) is 20.7 Å². The molecule has 0 aromatic carbocycles. The molecule has 114 valence electrons. The maximum atomic E-state index is 12.9. The van der Waals surface area contributed by atoms with Crippen molar-refractivity contribution in [2.45, 2.75) is 37.2 Å². The highest BCUT2D eigenvalue weighted by Crippen LogP contribution is 2.38. The van der Waals surface area contributed by atoms with Gasteiger partial charge in [0.05, 0.1) is 6.04 Å². The van der Waals surface area contributed by atoms with Gasteiger partial charge in [-0.15, -0.1) is 0 Å². The molecule has 0 radical (unpaired) electrons. The number of nitrogens with zero attached hydrogens (tertiary/aromatic N) is 3. The Labute approximate surface area is 128 Å². The van der Waals surface area contributed by atoms with Gasteiger partial charge in [0.1, 0.15) is 4.90 Å². The Morgan fingerprint density at radius 2 is 2.33 bits per heavy atom. The van der Waals surface area contributed by atoms with E-state index in [4.69, 9.17) is 5.73 Å². The van der Waals surface area contributed by atoms with Crippen LogP contribution in [0, 0.1) is 0 Å². The van der Waals surface area contributed by atoms with Crippen molar-refractivity contribution in [2.24, 2.45) is 0 Å². The highest BCUT2D eigenvalue weighted by molar-refractivity contribution is 7.89. The van der Waals surface area contributed by atoms with Crippen molar-refractivity contribution in [1.29, 1.82) is 0 Å². The van der Waals surface area contributed by atoms with E-state index in [0.717, 1.165) is 18.4 Å². The molecule has 1 atom stereocenters. The molecule has 0 saturated carbocycles. The van der Waals surface area contributed by atoms with Gasteiger partial charge in [-0.05, 0) is 42.2 Å². The average molecular weight is 326 g/mol. The molecule has 8 heteroatoms. The molecule has 1 fully saturated rings. The minimum absolute atomic E-state index is 0.0767. The van der Waals surface area contributed by atoms with E-state index in [9.17, 15) is 8.42 Å². The maximum Gasteiger partial charge on any atom is 0.248 e. The first-order valence-corrected chi connectivity index (χ1v) is 9.29. The first-order valence-electron chi connectivity index (χ1n) is 6.91. The van der Waals surface area contributed by atoms with Crippen LogP contribution in [0.4, 0.5) is 5.82 Å². The second-order valence-electron chi connectivity index (χ2n) is 5.06. The van der Waals surface area contributed by atoms with E-state index in [0.29, 0.717) is 13.1 Å². The Morgan fingerprint density at radius 3 is 2.95 bits per heavy atom. The van der Waals surface area contributed by atoms with E-state index in [1.54, 1.807) is 20.3 Å². The van der Waals surface area contributed by atoms with Crippen LogP contribution in [0.15, 0.2) is 27.9 Å². The first-order chi connectivity index (χ1) is 10.0. The van der Waals surface area contributed by atoms with E-state index in [1.807, 2.05) is 23.8 Å². The van der Waals surface area contributed by atoms with E-state index in [1.165, 1.54) is 6.20 Å². The molecule has 3 heterocycles. The summed E-state index contributed by atoms with van der Waals surface area (Å²) in [5, 5.41) is 8.03. The summed E-state index contributed by atoms with van der Waals surface area (Å²) in [6, 6.07) is 1.90. The third-order valence-electron chi connectivity index (χ3n) is 3.80. The smallest absolute Gasteiger partial charge is 0.248 e. The van der Waals surface area contributed by atoms with E-state index < -0.39 is 10.0 Å². The van der Waals surface area contributed by atoms with Gasteiger partial charge in [0.25, 0.3) is 0 Å². The summed E-state index contributed by atoms with van der Waals surface area (Å²) in [5.74, 6) is 0.0767. The molecular formula is C13H18N4O2S2. The Hall–Kier alpha value is -1.38. The molecule has 3 rings (SSSR count). The van der Waals surface area contributed by atoms with Crippen LogP contribution < -0.4 is 5.73 Å². The molecular weight excluding hydrogens is 308 g/mol. The molecule has 2 aromatic rings. The number of anilines is 1. The number of sulfonamides is 1. The summed E-state index contributed by atoms with van der Waals surface area (Å²) >= 11 is 1.58. The van der Waals surface area contributed by atoms with Crippen molar-refractivity contribution in [3.05, 3.63) is 28.6 Å². The van der Waals surface area contributed by atoms with Crippen molar-refractivity contribution in [3.8, 4) is 0 Å². The zero-order valence-corrected chi connectivity index (χ0v) is 13.4. The predicted molar refractivity (Wildman–Crippen MR) is 82.5 cm³/mol. The molecule has 1 unspecified atom stereocenters. The summed E-state index contributed by atoms with van der Waals surface area (Å²) < 4.78 is 28.9. The summed E-state index contributed by atoms with van der Waals surface area (Å²) in [7, 11) is -3.60. The topological polar surface area (TPSA) is 81.2 Å². The molecule has 1 saturated heterocycles. The molecule has 2 aromatic heterocycles. The van der Waals surface area contributed by atoms with Crippen LogP contribution in [0.25, 0.3) is 0 Å². The number of rotatable bonds is 4. The van der Waals surface area contributed by atoms with Crippen LogP contribution >= 0.6 is 11.3 Å². The summed E-state index contributed by atoms with van der Waals surface area (Å²) in [4.78, 5) is 0.117. The third-order valence-corrected chi connectivity index (χ3v) is 6.42. The number of nitrogens with two attached hydrogens (primary N) is 1. The number of hydrogen-bond donors (Lipinski definition) is 1. The van der Waals surface area contributed by atoms with Gasteiger partial charge >= 0.3 is 0 Å². The molecule has 0 amide bonds. The number of nitrogen functional groups attached to an aromatic ring is 1. The summed E-state index contributed by atoms with van der Waals surface area (Å²) in [6.07, 6.45) is 3.23. The predicted octanol–water partition coefficient (Wildman–Crippen LogP) is 2.07. The minimum atomic E-state index is -3.60. The highest BCUT2D eigenvalue weighted by Gasteiger charge is 2.38. The van der Waals surface area contributed by atoms with Crippen LogP contribution in [0.3, 0.4) is 0 Å². The zero-order valence-electron chi connectivity index (χ0n) is 11.8. The molecule has 0 bridgehead atoms. The van der Waals surface area contributed by atoms with Gasteiger partial charge in [0.15, 0.2) is 5.82 Å². The zero-order chi connectivity index (χ0) is 15.0. The fourth-order valence-electron chi connectivity index (χ4n) is 2.73. The number of aromatic nitrogens is 2. The van der Waals surface area contributed by atoms with Gasteiger partial charge in [0, 0.05) is 19.3 Å². The fourth-order valence-corrected chi connectivity index (χ4v) is 5.18. The monoisotopic (exact) mass is 326 g/mol. The van der Waals surface area contributed by atoms with Crippen molar-refractivity contribution >= 4 is 27.2 Å². The lowest BCUT2D eigenvalue weighted by atomic mass is 10.1. The SMILES string of the molecule is CCn1cc(S(=O)(=O)N2CCCC2c2ccsc2)c(N)n1. The Kier molecular flexibility index (Phi) is 3.76. The summed E-state index contributed by atoms with van der Waals surface area (Å²) in [5.41, 5.74) is 6.86. The second kappa shape index (κ2) is 5.43. The Morgan fingerprint density at radius 1 is 1.52 bits per heavy atom. The van der Waals surface area contributed by atoms with Crippen molar-refractivity contribution in [1.82, 2.24) is 14.1 Å². The molecule has 6 nitrogen and oxygen atoms in total. The fraction of sp³-hybridized carbons (Fsp3) is 0.462. The van der Waals surface area contributed by atoms with Gasteiger partial charge in [0.2, 0.25) is 10.0 Å².